The fraction of sp³-hybridized carbons (Fsp3) is 0.556. The number of likely N-dealkylation sites (tertiary alicyclic amines) is 1. The Morgan fingerprint density at radius 1 is 1.35 bits per heavy atom. The molecule has 5 rings (SSSR count). The highest BCUT2D eigenvalue weighted by atomic mass is 16.5. The lowest BCUT2D eigenvalue weighted by atomic mass is 9.51. The molecule has 0 aromatic heterocycles. The van der Waals surface area contributed by atoms with E-state index in [4.69, 9.17) is 9.47 Å². The van der Waals surface area contributed by atoms with Crippen molar-refractivity contribution in [1.29, 1.82) is 0 Å². The number of hydrogen-bond acceptors (Lipinski definition) is 4. The van der Waals surface area contributed by atoms with E-state index in [0.717, 1.165) is 18.4 Å². The number of Topliss-reactive ketones (excluding diaryl/α,β-unsaturated/α-hetero) is 1. The van der Waals surface area contributed by atoms with Gasteiger partial charge < -0.3 is 14.4 Å². The molecule has 2 aliphatic carbocycles. The summed E-state index contributed by atoms with van der Waals surface area (Å²) in [4.78, 5) is 27.1. The van der Waals surface area contributed by atoms with Gasteiger partial charge >= 0.3 is 0 Å². The minimum absolute atomic E-state index is 0.121. The molecule has 0 radical (unpaired) electrons. The first-order valence-electron chi connectivity index (χ1n) is 8.23. The van der Waals surface area contributed by atoms with Gasteiger partial charge in [0.25, 0.3) is 0 Å². The summed E-state index contributed by atoms with van der Waals surface area (Å²) in [6.45, 7) is 0. The number of carbonyl (C=O) groups excluding carboxylic acids is 2. The van der Waals surface area contributed by atoms with Crippen LogP contribution < -0.4 is 9.47 Å². The molecule has 1 spiro atoms. The average molecular weight is 313 g/mol. The molecule has 2 aliphatic heterocycles. The average Bonchev–Trinajstić information content (AvgIpc) is 2.89. The summed E-state index contributed by atoms with van der Waals surface area (Å²) in [5.74, 6) is 1.92. The predicted octanol–water partition coefficient (Wildman–Crippen LogP) is 1.46. The van der Waals surface area contributed by atoms with Crippen LogP contribution in [0.4, 0.5) is 0 Å². The van der Waals surface area contributed by atoms with Gasteiger partial charge in [-0.2, -0.15) is 0 Å². The van der Waals surface area contributed by atoms with Crippen LogP contribution in [0.1, 0.15) is 30.4 Å². The number of ketones is 1. The lowest BCUT2D eigenvalue weighted by Gasteiger charge is -2.56. The highest BCUT2D eigenvalue weighted by molar-refractivity contribution is 5.92. The number of ether oxygens (including phenoxy) is 2. The van der Waals surface area contributed by atoms with E-state index >= 15 is 0 Å². The summed E-state index contributed by atoms with van der Waals surface area (Å²) >= 11 is 0. The lowest BCUT2D eigenvalue weighted by Crippen LogP contribution is -2.66. The summed E-state index contributed by atoms with van der Waals surface area (Å²) < 4.78 is 11.6. The zero-order valence-corrected chi connectivity index (χ0v) is 13.3. The van der Waals surface area contributed by atoms with Crippen LogP contribution in [-0.2, 0) is 21.4 Å². The minimum atomic E-state index is -0.522. The molecule has 4 atom stereocenters. The molecule has 0 unspecified atom stereocenters. The molecular weight excluding hydrogens is 294 g/mol. The molecule has 1 aromatic carbocycles. The maximum atomic E-state index is 12.6. The van der Waals surface area contributed by atoms with Crippen LogP contribution in [0.3, 0.4) is 0 Å². The Kier molecular flexibility index (Phi) is 2.37. The second-order valence-corrected chi connectivity index (χ2v) is 7.23. The Morgan fingerprint density at radius 3 is 2.96 bits per heavy atom. The third-order valence-corrected chi connectivity index (χ3v) is 6.48. The summed E-state index contributed by atoms with van der Waals surface area (Å²) in [7, 11) is 3.52. The molecule has 0 N–H and O–H groups in total. The number of amides is 1. The van der Waals surface area contributed by atoms with Crippen molar-refractivity contribution in [1.82, 2.24) is 4.90 Å². The smallest absolute Gasteiger partial charge is 0.223 e. The highest BCUT2D eigenvalue weighted by Crippen LogP contribution is 2.63. The van der Waals surface area contributed by atoms with Crippen molar-refractivity contribution in [2.24, 2.45) is 5.92 Å². The van der Waals surface area contributed by atoms with Gasteiger partial charge in [0.15, 0.2) is 23.4 Å². The van der Waals surface area contributed by atoms with Gasteiger partial charge in [0, 0.05) is 31.5 Å². The Balaban J connectivity index is 1.83. The first-order chi connectivity index (χ1) is 11.1. The van der Waals surface area contributed by atoms with E-state index in [1.54, 1.807) is 7.11 Å². The zero-order valence-electron chi connectivity index (χ0n) is 13.3. The topological polar surface area (TPSA) is 55.8 Å². The Bertz CT molecular complexity index is 758. The number of methoxy groups -OCH3 is 1. The normalized spacial score (nSPS) is 36.6. The van der Waals surface area contributed by atoms with Crippen LogP contribution in [0.15, 0.2) is 12.1 Å². The number of likely N-dealkylation sites (N-methyl/N-ethyl adjacent to an activating group) is 1. The fourth-order valence-corrected chi connectivity index (χ4v) is 5.52. The number of carbonyl (C=O) groups is 2. The molecule has 1 saturated carbocycles. The van der Waals surface area contributed by atoms with Gasteiger partial charge in [0.1, 0.15) is 0 Å². The van der Waals surface area contributed by atoms with Gasteiger partial charge in [-0.1, -0.05) is 6.07 Å². The zero-order chi connectivity index (χ0) is 15.9. The van der Waals surface area contributed by atoms with E-state index in [1.807, 2.05) is 18.0 Å². The van der Waals surface area contributed by atoms with E-state index in [-0.39, 0.29) is 17.7 Å². The monoisotopic (exact) mass is 313 g/mol. The summed E-state index contributed by atoms with van der Waals surface area (Å²) in [6.07, 6.45) is 2.07. The third kappa shape index (κ3) is 1.35. The van der Waals surface area contributed by atoms with E-state index in [0.29, 0.717) is 30.3 Å². The second-order valence-electron chi connectivity index (χ2n) is 7.23. The number of rotatable bonds is 1. The van der Waals surface area contributed by atoms with Gasteiger partial charge in [0.2, 0.25) is 5.91 Å². The summed E-state index contributed by atoms with van der Waals surface area (Å²) in [5.41, 5.74) is 1.82. The Labute approximate surface area is 134 Å². The lowest BCUT2D eigenvalue weighted by molar-refractivity contribution is -0.152. The predicted molar refractivity (Wildman–Crippen MR) is 81.7 cm³/mol. The number of benzene rings is 1. The molecule has 2 bridgehead atoms. The van der Waals surface area contributed by atoms with Crippen LogP contribution in [0, 0.1) is 5.92 Å². The van der Waals surface area contributed by atoms with E-state index in [9.17, 15) is 9.59 Å². The van der Waals surface area contributed by atoms with Crippen LogP contribution in [-0.4, -0.2) is 42.9 Å². The highest BCUT2D eigenvalue weighted by Gasteiger charge is 2.67. The van der Waals surface area contributed by atoms with E-state index in [2.05, 4.69) is 6.07 Å². The molecule has 1 saturated heterocycles. The van der Waals surface area contributed by atoms with Gasteiger partial charge in [-0.3, -0.25) is 9.59 Å². The van der Waals surface area contributed by atoms with Crippen LogP contribution in [0.5, 0.6) is 11.5 Å². The Morgan fingerprint density at radius 2 is 2.17 bits per heavy atom. The standard InChI is InChI=1S/C18H19NO4/c1-19-11-7-9-3-6-13(22-2)16-15(9)18(8-14(19)21)10(11)4-5-12(20)17(18)23-16/h3,6,10-11,17H,4-5,7-8H2,1-2H3/t10-,11+,17+,18-/m1/s1. The first-order valence-corrected chi connectivity index (χ1v) is 8.23. The van der Waals surface area contributed by atoms with Crippen molar-refractivity contribution >= 4 is 11.7 Å². The van der Waals surface area contributed by atoms with Crippen molar-refractivity contribution in [3.05, 3.63) is 23.3 Å². The fourth-order valence-electron chi connectivity index (χ4n) is 5.52. The van der Waals surface area contributed by atoms with Crippen molar-refractivity contribution < 1.29 is 19.1 Å². The van der Waals surface area contributed by atoms with Crippen LogP contribution >= 0.6 is 0 Å². The van der Waals surface area contributed by atoms with Crippen LogP contribution in [0.25, 0.3) is 0 Å². The van der Waals surface area contributed by atoms with Gasteiger partial charge in [0.05, 0.1) is 12.5 Å². The second kappa shape index (κ2) is 4.08. The molecule has 2 fully saturated rings. The molecule has 4 aliphatic rings. The molecule has 5 heteroatoms. The molecule has 1 aromatic rings. The number of nitrogens with zero attached hydrogens (tertiary/aromatic N) is 1. The van der Waals surface area contributed by atoms with Gasteiger partial charge in [-0.15, -0.1) is 0 Å². The molecule has 5 nitrogen and oxygen atoms in total. The molecular formula is C18H19NO4. The minimum Gasteiger partial charge on any atom is -0.493 e. The molecule has 120 valence electrons. The van der Waals surface area contributed by atoms with Crippen molar-refractivity contribution in [3.63, 3.8) is 0 Å². The van der Waals surface area contributed by atoms with E-state index < -0.39 is 11.5 Å². The van der Waals surface area contributed by atoms with E-state index in [1.165, 1.54) is 5.56 Å². The Hall–Kier alpha value is -2.04. The third-order valence-electron chi connectivity index (χ3n) is 6.48. The first kappa shape index (κ1) is 13.4. The summed E-state index contributed by atoms with van der Waals surface area (Å²) in [6, 6.07) is 4.17. The van der Waals surface area contributed by atoms with Crippen molar-refractivity contribution in [2.75, 3.05) is 14.2 Å². The largest absolute Gasteiger partial charge is 0.493 e. The SMILES string of the molecule is COc1ccc2c3c1O[C@H]1C(=O)CC[C@@H]4[C@H](C2)N(C)C(=O)C[C@]341. The maximum absolute atomic E-state index is 12.6. The van der Waals surface area contributed by atoms with Gasteiger partial charge in [-0.05, 0) is 30.4 Å². The maximum Gasteiger partial charge on any atom is 0.223 e. The van der Waals surface area contributed by atoms with Crippen molar-refractivity contribution in [2.45, 2.75) is 43.2 Å². The molecule has 2 heterocycles. The molecule has 23 heavy (non-hydrogen) atoms. The summed E-state index contributed by atoms with van der Waals surface area (Å²) in [5, 5.41) is 0. The quantitative estimate of drug-likeness (QED) is 0.788. The van der Waals surface area contributed by atoms with Crippen LogP contribution in [0.2, 0.25) is 0 Å². The van der Waals surface area contributed by atoms with Crippen molar-refractivity contribution in [3.8, 4) is 11.5 Å². The number of piperidine rings is 1. The number of hydrogen-bond donors (Lipinski definition) is 0. The van der Waals surface area contributed by atoms with Gasteiger partial charge in [-0.25, -0.2) is 0 Å². The molecule has 1 amide bonds.